The number of hydrogen-bond donors (Lipinski definition) is 2. The SMILES string of the molecule is COc1c(C(=O)Nc2n[nH]c(C)c2C#N)cnc2c1cnn2C. The number of carbonyl (C=O) groups is 1. The summed E-state index contributed by atoms with van der Waals surface area (Å²) in [6.07, 6.45) is 2.99. The molecule has 0 radical (unpaired) electrons. The monoisotopic (exact) mass is 311 g/mol. The van der Waals surface area contributed by atoms with Crippen LogP contribution < -0.4 is 10.1 Å². The molecule has 0 atom stereocenters. The number of methoxy groups -OCH3 is 1. The molecule has 1 amide bonds. The lowest BCUT2D eigenvalue weighted by Crippen LogP contribution is -2.15. The van der Waals surface area contributed by atoms with Crippen LogP contribution in [0.4, 0.5) is 5.82 Å². The van der Waals surface area contributed by atoms with Crippen LogP contribution in [0, 0.1) is 18.3 Å². The van der Waals surface area contributed by atoms with E-state index in [1.165, 1.54) is 13.3 Å². The van der Waals surface area contributed by atoms with Crippen LogP contribution in [0.5, 0.6) is 5.75 Å². The molecule has 0 unspecified atom stereocenters. The summed E-state index contributed by atoms with van der Waals surface area (Å²) in [4.78, 5) is 16.7. The first-order valence-corrected chi connectivity index (χ1v) is 6.68. The molecule has 9 heteroatoms. The second kappa shape index (κ2) is 5.42. The fourth-order valence-corrected chi connectivity index (χ4v) is 2.29. The zero-order chi connectivity index (χ0) is 16.6. The minimum atomic E-state index is -0.469. The van der Waals surface area contributed by atoms with Crippen LogP contribution in [0.3, 0.4) is 0 Å². The van der Waals surface area contributed by atoms with Crippen molar-refractivity contribution in [3.8, 4) is 11.8 Å². The van der Waals surface area contributed by atoms with E-state index in [-0.39, 0.29) is 16.9 Å². The molecule has 0 saturated carbocycles. The number of rotatable bonds is 3. The second-order valence-electron chi connectivity index (χ2n) is 4.85. The third-order valence-electron chi connectivity index (χ3n) is 3.45. The Labute approximate surface area is 130 Å². The summed E-state index contributed by atoms with van der Waals surface area (Å²) in [7, 11) is 3.22. The number of H-pyrrole nitrogens is 1. The quantitative estimate of drug-likeness (QED) is 0.747. The standard InChI is InChI=1S/C14H13N7O2/c1-7-8(4-15)12(20-19-7)18-14(22)10-5-16-13-9(11(10)23-3)6-17-21(13)2/h5-6H,1-3H3,(H2,18,19,20,22). The maximum absolute atomic E-state index is 12.5. The fraction of sp³-hybridized carbons (Fsp3) is 0.214. The first-order valence-electron chi connectivity index (χ1n) is 6.68. The molecule has 2 N–H and O–H groups in total. The van der Waals surface area contributed by atoms with Crippen molar-refractivity contribution in [3.63, 3.8) is 0 Å². The van der Waals surface area contributed by atoms with Crippen LogP contribution in [0.15, 0.2) is 12.4 Å². The number of amides is 1. The van der Waals surface area contributed by atoms with E-state index < -0.39 is 5.91 Å². The molecule has 0 saturated heterocycles. The van der Waals surface area contributed by atoms with Gasteiger partial charge in [0, 0.05) is 13.2 Å². The minimum Gasteiger partial charge on any atom is -0.495 e. The average Bonchev–Trinajstić information content (AvgIpc) is 3.09. The molecule has 3 aromatic heterocycles. The number of nitriles is 1. The summed E-state index contributed by atoms with van der Waals surface area (Å²) in [5, 5.41) is 23.0. The van der Waals surface area contributed by atoms with Gasteiger partial charge in [-0.15, -0.1) is 0 Å². The predicted octanol–water partition coefficient (Wildman–Crippen LogP) is 1.13. The van der Waals surface area contributed by atoms with E-state index in [0.717, 1.165) is 0 Å². The molecule has 0 fully saturated rings. The van der Waals surface area contributed by atoms with E-state index in [4.69, 9.17) is 10.00 Å². The number of anilines is 1. The Morgan fingerprint density at radius 3 is 2.96 bits per heavy atom. The van der Waals surface area contributed by atoms with Gasteiger partial charge in [0.25, 0.3) is 5.91 Å². The second-order valence-corrected chi connectivity index (χ2v) is 4.85. The van der Waals surface area contributed by atoms with E-state index in [2.05, 4.69) is 25.6 Å². The van der Waals surface area contributed by atoms with Crippen molar-refractivity contribution in [1.82, 2.24) is 25.0 Å². The molecule has 3 aromatic rings. The highest BCUT2D eigenvalue weighted by molar-refractivity contribution is 6.09. The molecule has 0 aliphatic carbocycles. The van der Waals surface area contributed by atoms with Crippen molar-refractivity contribution in [3.05, 3.63) is 29.2 Å². The van der Waals surface area contributed by atoms with Gasteiger partial charge in [0.2, 0.25) is 0 Å². The maximum Gasteiger partial charge on any atom is 0.262 e. The summed E-state index contributed by atoms with van der Waals surface area (Å²) in [5.74, 6) is 0.0674. The Morgan fingerprint density at radius 1 is 1.48 bits per heavy atom. The summed E-state index contributed by atoms with van der Waals surface area (Å²) in [6, 6.07) is 1.99. The molecule has 0 spiro atoms. The van der Waals surface area contributed by atoms with Gasteiger partial charge in [-0.3, -0.25) is 14.6 Å². The Hall–Kier alpha value is -3.41. The van der Waals surface area contributed by atoms with Gasteiger partial charge in [-0.1, -0.05) is 0 Å². The van der Waals surface area contributed by atoms with Crippen LogP contribution in [-0.2, 0) is 7.05 Å². The topological polar surface area (TPSA) is 122 Å². The number of aryl methyl sites for hydroxylation is 2. The van der Waals surface area contributed by atoms with Gasteiger partial charge in [0.15, 0.2) is 11.5 Å². The Bertz CT molecular complexity index is 948. The summed E-state index contributed by atoms with van der Waals surface area (Å²) in [6.45, 7) is 1.70. The number of fused-ring (bicyclic) bond motifs is 1. The molecule has 3 heterocycles. The lowest BCUT2D eigenvalue weighted by Gasteiger charge is -2.09. The number of carbonyl (C=O) groups excluding carboxylic acids is 1. The van der Waals surface area contributed by atoms with Crippen LogP contribution in [0.1, 0.15) is 21.6 Å². The van der Waals surface area contributed by atoms with E-state index in [9.17, 15) is 4.79 Å². The third kappa shape index (κ3) is 2.26. The molecule has 0 aliphatic rings. The van der Waals surface area contributed by atoms with Gasteiger partial charge < -0.3 is 10.1 Å². The smallest absolute Gasteiger partial charge is 0.262 e. The molecule has 116 valence electrons. The van der Waals surface area contributed by atoms with Crippen molar-refractivity contribution in [2.75, 3.05) is 12.4 Å². The Balaban J connectivity index is 2.02. The van der Waals surface area contributed by atoms with Gasteiger partial charge >= 0.3 is 0 Å². The van der Waals surface area contributed by atoms with E-state index in [1.807, 2.05) is 6.07 Å². The summed E-state index contributed by atoms with van der Waals surface area (Å²) >= 11 is 0. The van der Waals surface area contributed by atoms with Gasteiger partial charge in [-0.2, -0.15) is 15.5 Å². The predicted molar refractivity (Wildman–Crippen MR) is 81.1 cm³/mol. The Kier molecular flexibility index (Phi) is 3.42. The lowest BCUT2D eigenvalue weighted by atomic mass is 10.2. The first kappa shape index (κ1) is 14.5. The van der Waals surface area contributed by atoms with Crippen LogP contribution >= 0.6 is 0 Å². The molecule has 3 rings (SSSR count). The molecule has 9 nitrogen and oxygen atoms in total. The van der Waals surface area contributed by atoms with Crippen molar-refractivity contribution >= 4 is 22.8 Å². The lowest BCUT2D eigenvalue weighted by molar-refractivity contribution is 0.102. The number of nitrogens with zero attached hydrogens (tertiary/aromatic N) is 5. The van der Waals surface area contributed by atoms with Crippen molar-refractivity contribution in [2.45, 2.75) is 6.92 Å². The van der Waals surface area contributed by atoms with Crippen molar-refractivity contribution < 1.29 is 9.53 Å². The fourth-order valence-electron chi connectivity index (χ4n) is 2.29. The highest BCUT2D eigenvalue weighted by Crippen LogP contribution is 2.28. The molecule has 0 aromatic carbocycles. The van der Waals surface area contributed by atoms with Crippen molar-refractivity contribution in [1.29, 1.82) is 5.26 Å². The molecular formula is C14H13N7O2. The van der Waals surface area contributed by atoms with Gasteiger partial charge in [0.05, 0.1) is 24.4 Å². The zero-order valence-electron chi connectivity index (χ0n) is 12.7. The van der Waals surface area contributed by atoms with E-state index in [0.29, 0.717) is 22.5 Å². The number of hydrogen-bond acceptors (Lipinski definition) is 6. The number of aromatic amines is 1. The van der Waals surface area contributed by atoms with E-state index in [1.54, 1.807) is 24.9 Å². The number of pyridine rings is 1. The van der Waals surface area contributed by atoms with Gasteiger partial charge in [0.1, 0.15) is 22.9 Å². The summed E-state index contributed by atoms with van der Waals surface area (Å²) < 4.78 is 6.93. The van der Waals surface area contributed by atoms with Crippen LogP contribution in [0.25, 0.3) is 11.0 Å². The zero-order valence-corrected chi connectivity index (χ0v) is 12.7. The Morgan fingerprint density at radius 2 is 2.26 bits per heavy atom. The number of nitrogens with one attached hydrogen (secondary N) is 2. The van der Waals surface area contributed by atoms with Crippen molar-refractivity contribution in [2.24, 2.45) is 7.05 Å². The summed E-state index contributed by atoms with van der Waals surface area (Å²) in [5.41, 5.74) is 1.70. The number of aromatic nitrogens is 5. The normalized spacial score (nSPS) is 10.5. The maximum atomic E-state index is 12.5. The minimum absolute atomic E-state index is 0.170. The average molecular weight is 311 g/mol. The van der Waals surface area contributed by atoms with Crippen LogP contribution in [0.2, 0.25) is 0 Å². The molecule has 0 bridgehead atoms. The highest BCUT2D eigenvalue weighted by Gasteiger charge is 2.20. The third-order valence-corrected chi connectivity index (χ3v) is 3.45. The first-order chi connectivity index (χ1) is 11.1. The highest BCUT2D eigenvalue weighted by atomic mass is 16.5. The molecular weight excluding hydrogens is 298 g/mol. The van der Waals surface area contributed by atoms with Gasteiger partial charge in [-0.05, 0) is 6.92 Å². The molecule has 23 heavy (non-hydrogen) atoms. The van der Waals surface area contributed by atoms with E-state index >= 15 is 0 Å². The van der Waals surface area contributed by atoms with Gasteiger partial charge in [-0.25, -0.2) is 4.98 Å². The largest absolute Gasteiger partial charge is 0.495 e. The number of ether oxygens (including phenoxy) is 1. The van der Waals surface area contributed by atoms with Crippen LogP contribution in [-0.4, -0.2) is 38.0 Å². The molecule has 0 aliphatic heterocycles.